The van der Waals surface area contributed by atoms with E-state index in [9.17, 15) is 0 Å². The summed E-state index contributed by atoms with van der Waals surface area (Å²) in [5, 5.41) is 6.99. The third kappa shape index (κ3) is 9.43. The van der Waals surface area contributed by atoms with Gasteiger partial charge in [0.15, 0.2) is 0 Å². The third-order valence-corrected chi connectivity index (χ3v) is 1.38. The first-order chi connectivity index (χ1) is 5.42. The van der Waals surface area contributed by atoms with Gasteiger partial charge in [0, 0.05) is 13.0 Å². The molecule has 0 bridgehead atoms. The monoisotopic (exact) mass is 172 g/mol. The van der Waals surface area contributed by atoms with Gasteiger partial charge in [-0.1, -0.05) is 0 Å². The van der Waals surface area contributed by atoms with Gasteiger partial charge < -0.3 is 10.5 Å². The Morgan fingerprint density at radius 2 is 1.92 bits per heavy atom. The maximum atomic E-state index is 6.99. The summed E-state index contributed by atoms with van der Waals surface area (Å²) in [6.07, 6.45) is 2.62. The smallest absolute Gasteiger partial charge is 0.0905 e. The average Bonchev–Trinajstić information content (AvgIpc) is 1.83. The molecule has 0 fully saturated rings. The quantitative estimate of drug-likeness (QED) is 0.378. The van der Waals surface area contributed by atoms with Crippen LogP contribution in [0.25, 0.3) is 0 Å². The molecular weight excluding hydrogens is 152 g/mol. The normalized spacial score (nSPS) is 11.6. The Labute approximate surface area is 74.8 Å². The lowest BCUT2D eigenvalue weighted by atomic mass is 10.2. The summed E-state index contributed by atoms with van der Waals surface area (Å²) < 4.78 is 5.50. The number of amidine groups is 1. The van der Waals surface area contributed by atoms with Crippen LogP contribution in [-0.4, -0.2) is 18.0 Å². The fourth-order valence-electron chi connectivity index (χ4n) is 0.796. The Hall–Kier alpha value is -0.570. The number of rotatable bonds is 5. The van der Waals surface area contributed by atoms with Crippen molar-refractivity contribution >= 4 is 5.84 Å². The third-order valence-electron chi connectivity index (χ3n) is 1.38. The second kappa shape index (κ2) is 5.14. The standard InChI is InChI=1S/C9H20N2O/c1-9(2,3)12-7-5-4-6-8(10)11/h4-7H2,1-3H3,(H3,10,11). The predicted molar refractivity (Wildman–Crippen MR) is 51.5 cm³/mol. The van der Waals surface area contributed by atoms with E-state index in [-0.39, 0.29) is 11.4 Å². The number of hydrogen-bond acceptors (Lipinski definition) is 2. The molecular formula is C9H20N2O. The minimum atomic E-state index is -0.0454. The minimum absolute atomic E-state index is 0.0454. The van der Waals surface area contributed by atoms with Gasteiger partial charge in [-0.15, -0.1) is 0 Å². The number of nitrogens with two attached hydrogens (primary N) is 1. The molecule has 3 N–H and O–H groups in total. The molecule has 0 saturated carbocycles. The molecule has 0 atom stereocenters. The van der Waals surface area contributed by atoms with Crippen LogP contribution in [-0.2, 0) is 4.74 Å². The van der Waals surface area contributed by atoms with E-state index >= 15 is 0 Å². The number of ether oxygens (including phenoxy) is 1. The van der Waals surface area contributed by atoms with E-state index in [2.05, 4.69) is 0 Å². The lowest BCUT2D eigenvalue weighted by Gasteiger charge is -2.19. The van der Waals surface area contributed by atoms with E-state index in [4.69, 9.17) is 15.9 Å². The number of nitrogens with one attached hydrogen (secondary N) is 1. The summed E-state index contributed by atoms with van der Waals surface area (Å²) in [6.45, 7) is 6.88. The fraction of sp³-hybridized carbons (Fsp3) is 0.889. The van der Waals surface area contributed by atoms with Crippen LogP contribution in [0.1, 0.15) is 40.0 Å². The van der Waals surface area contributed by atoms with Gasteiger partial charge in [-0.3, -0.25) is 5.41 Å². The van der Waals surface area contributed by atoms with Crippen LogP contribution >= 0.6 is 0 Å². The molecule has 0 spiro atoms. The van der Waals surface area contributed by atoms with E-state index in [0.29, 0.717) is 6.42 Å². The Bertz CT molecular complexity index is 138. The van der Waals surface area contributed by atoms with Crippen molar-refractivity contribution in [3.05, 3.63) is 0 Å². The largest absolute Gasteiger partial charge is 0.388 e. The van der Waals surface area contributed by atoms with Crippen LogP contribution in [0.3, 0.4) is 0 Å². The van der Waals surface area contributed by atoms with Crippen LogP contribution in [0.15, 0.2) is 0 Å². The van der Waals surface area contributed by atoms with Crippen LogP contribution in [0, 0.1) is 5.41 Å². The maximum Gasteiger partial charge on any atom is 0.0905 e. The van der Waals surface area contributed by atoms with E-state index in [1.165, 1.54) is 0 Å². The van der Waals surface area contributed by atoms with Crippen molar-refractivity contribution in [1.82, 2.24) is 0 Å². The Morgan fingerprint density at radius 1 is 1.33 bits per heavy atom. The zero-order valence-electron chi connectivity index (χ0n) is 8.31. The average molecular weight is 172 g/mol. The van der Waals surface area contributed by atoms with Gasteiger partial charge >= 0.3 is 0 Å². The molecule has 12 heavy (non-hydrogen) atoms. The Kier molecular flexibility index (Phi) is 4.90. The molecule has 0 aromatic carbocycles. The second-order valence-corrected chi connectivity index (χ2v) is 3.94. The molecule has 3 nitrogen and oxygen atoms in total. The molecule has 0 saturated heterocycles. The van der Waals surface area contributed by atoms with Crippen LogP contribution in [0.4, 0.5) is 0 Å². The van der Waals surface area contributed by atoms with Crippen LogP contribution in [0.5, 0.6) is 0 Å². The summed E-state index contributed by atoms with van der Waals surface area (Å²) >= 11 is 0. The first-order valence-electron chi connectivity index (χ1n) is 4.39. The van der Waals surface area contributed by atoms with Crippen molar-refractivity contribution in [1.29, 1.82) is 5.41 Å². The van der Waals surface area contributed by atoms with Crippen molar-refractivity contribution in [3.8, 4) is 0 Å². The van der Waals surface area contributed by atoms with Crippen LogP contribution in [0.2, 0.25) is 0 Å². The molecule has 3 heteroatoms. The van der Waals surface area contributed by atoms with E-state index in [1.54, 1.807) is 0 Å². The Morgan fingerprint density at radius 3 is 2.33 bits per heavy atom. The van der Waals surface area contributed by atoms with Crippen molar-refractivity contribution in [3.63, 3.8) is 0 Å². The van der Waals surface area contributed by atoms with Gasteiger partial charge in [0.25, 0.3) is 0 Å². The SMILES string of the molecule is CC(C)(C)OCCCCC(=N)N. The molecule has 0 aliphatic heterocycles. The first-order valence-corrected chi connectivity index (χ1v) is 4.39. The molecule has 0 aliphatic carbocycles. The summed E-state index contributed by atoms with van der Waals surface area (Å²) in [4.78, 5) is 0. The lowest BCUT2D eigenvalue weighted by molar-refractivity contribution is -0.00438. The lowest BCUT2D eigenvalue weighted by Crippen LogP contribution is -2.19. The number of unbranched alkanes of at least 4 members (excludes halogenated alkanes) is 1. The van der Waals surface area contributed by atoms with Crippen molar-refractivity contribution in [2.45, 2.75) is 45.6 Å². The van der Waals surface area contributed by atoms with Gasteiger partial charge in [0.2, 0.25) is 0 Å². The summed E-state index contributed by atoms with van der Waals surface area (Å²) in [5.41, 5.74) is 5.16. The van der Waals surface area contributed by atoms with E-state index < -0.39 is 0 Å². The highest BCUT2D eigenvalue weighted by atomic mass is 16.5. The molecule has 0 unspecified atom stereocenters. The molecule has 0 aromatic heterocycles. The van der Waals surface area contributed by atoms with Gasteiger partial charge in [-0.2, -0.15) is 0 Å². The predicted octanol–water partition coefficient (Wildman–Crippen LogP) is 1.91. The molecule has 0 aliphatic rings. The van der Waals surface area contributed by atoms with Crippen molar-refractivity contribution in [2.24, 2.45) is 5.73 Å². The highest BCUT2D eigenvalue weighted by Gasteiger charge is 2.08. The van der Waals surface area contributed by atoms with Gasteiger partial charge in [-0.05, 0) is 33.6 Å². The zero-order chi connectivity index (χ0) is 9.61. The molecule has 0 radical (unpaired) electrons. The van der Waals surface area contributed by atoms with Crippen molar-refractivity contribution in [2.75, 3.05) is 6.61 Å². The second-order valence-electron chi connectivity index (χ2n) is 3.94. The van der Waals surface area contributed by atoms with Crippen molar-refractivity contribution < 1.29 is 4.74 Å². The molecule has 0 amide bonds. The molecule has 0 heterocycles. The highest BCUT2D eigenvalue weighted by molar-refractivity contribution is 5.76. The molecule has 0 rings (SSSR count). The maximum absolute atomic E-state index is 6.99. The molecule has 72 valence electrons. The summed E-state index contributed by atoms with van der Waals surface area (Å²) in [7, 11) is 0. The highest BCUT2D eigenvalue weighted by Crippen LogP contribution is 2.07. The summed E-state index contributed by atoms with van der Waals surface area (Å²) in [5.74, 6) is 0.269. The summed E-state index contributed by atoms with van der Waals surface area (Å²) in [6, 6.07) is 0. The topological polar surface area (TPSA) is 59.1 Å². The van der Waals surface area contributed by atoms with Gasteiger partial charge in [0.1, 0.15) is 0 Å². The number of hydrogen-bond donors (Lipinski definition) is 2. The van der Waals surface area contributed by atoms with Crippen LogP contribution < -0.4 is 5.73 Å². The van der Waals surface area contributed by atoms with E-state index in [1.807, 2.05) is 20.8 Å². The molecule has 0 aromatic rings. The fourth-order valence-corrected chi connectivity index (χ4v) is 0.796. The van der Waals surface area contributed by atoms with Gasteiger partial charge in [0.05, 0.1) is 11.4 Å². The Balaban J connectivity index is 3.17. The van der Waals surface area contributed by atoms with E-state index in [0.717, 1.165) is 19.4 Å². The first kappa shape index (κ1) is 11.4. The zero-order valence-corrected chi connectivity index (χ0v) is 8.31. The minimum Gasteiger partial charge on any atom is -0.388 e. The van der Waals surface area contributed by atoms with Gasteiger partial charge in [-0.25, -0.2) is 0 Å².